The van der Waals surface area contributed by atoms with Gasteiger partial charge in [0.1, 0.15) is 5.82 Å². The van der Waals surface area contributed by atoms with E-state index >= 15 is 0 Å². The average molecular weight is 260 g/mol. The van der Waals surface area contributed by atoms with Crippen LogP contribution in [0.3, 0.4) is 0 Å². The number of fused-ring (bicyclic) bond motifs is 1. The second-order valence-corrected chi connectivity index (χ2v) is 6.40. The van der Waals surface area contributed by atoms with Crippen LogP contribution in [0.25, 0.3) is 0 Å². The van der Waals surface area contributed by atoms with Crippen LogP contribution in [0.5, 0.6) is 0 Å². The summed E-state index contributed by atoms with van der Waals surface area (Å²) in [6, 6.07) is 4.29. The Bertz CT molecular complexity index is 450. The molecule has 0 radical (unpaired) electrons. The molecule has 1 saturated carbocycles. The van der Waals surface area contributed by atoms with E-state index < -0.39 is 0 Å². The van der Waals surface area contributed by atoms with Crippen LogP contribution in [0.2, 0.25) is 0 Å². The fraction of sp³-hybridized carbons (Fsp3) is 0.688. The van der Waals surface area contributed by atoms with Crippen molar-refractivity contribution in [3.8, 4) is 0 Å². The number of pyridine rings is 1. The van der Waals surface area contributed by atoms with E-state index in [1.807, 2.05) is 0 Å². The maximum absolute atomic E-state index is 9.79. The van der Waals surface area contributed by atoms with E-state index in [-0.39, 0.29) is 12.1 Å². The van der Waals surface area contributed by atoms with Crippen molar-refractivity contribution in [2.24, 2.45) is 5.92 Å². The van der Waals surface area contributed by atoms with Crippen LogP contribution in [0, 0.1) is 5.92 Å². The SMILES string of the molecule is CC1CCC(CO)(Nc2ccc3c(n2)CCC3)CC1. The zero-order valence-electron chi connectivity index (χ0n) is 11.8. The van der Waals surface area contributed by atoms with E-state index in [2.05, 4.69) is 24.4 Å². The third-order valence-electron chi connectivity index (χ3n) is 4.86. The molecule has 0 spiro atoms. The van der Waals surface area contributed by atoms with Crippen LogP contribution in [0.1, 0.15) is 50.3 Å². The van der Waals surface area contributed by atoms with Crippen LogP contribution in [0.15, 0.2) is 12.1 Å². The van der Waals surface area contributed by atoms with Gasteiger partial charge in [-0.2, -0.15) is 0 Å². The third kappa shape index (κ3) is 2.62. The average Bonchev–Trinajstić information content (AvgIpc) is 2.89. The highest BCUT2D eigenvalue weighted by Gasteiger charge is 2.34. The number of aliphatic hydroxyl groups is 1. The molecule has 3 rings (SSSR count). The summed E-state index contributed by atoms with van der Waals surface area (Å²) < 4.78 is 0. The van der Waals surface area contributed by atoms with Gasteiger partial charge in [0.2, 0.25) is 0 Å². The van der Waals surface area contributed by atoms with Crippen molar-refractivity contribution < 1.29 is 5.11 Å². The molecule has 2 aliphatic rings. The highest BCUT2D eigenvalue weighted by Crippen LogP contribution is 2.34. The smallest absolute Gasteiger partial charge is 0.126 e. The van der Waals surface area contributed by atoms with Crippen molar-refractivity contribution in [2.75, 3.05) is 11.9 Å². The van der Waals surface area contributed by atoms with Gasteiger partial charge in [0.15, 0.2) is 0 Å². The van der Waals surface area contributed by atoms with Gasteiger partial charge in [0.05, 0.1) is 12.1 Å². The molecule has 19 heavy (non-hydrogen) atoms. The standard InChI is InChI=1S/C16H24N2O/c1-12-7-9-16(11-19,10-8-12)18-15-6-5-13-3-2-4-14(13)17-15/h5-6,12,19H,2-4,7-11H2,1H3,(H,17,18). The summed E-state index contributed by atoms with van der Waals surface area (Å²) in [5.41, 5.74) is 2.51. The van der Waals surface area contributed by atoms with Gasteiger partial charge in [-0.15, -0.1) is 0 Å². The second-order valence-electron chi connectivity index (χ2n) is 6.40. The van der Waals surface area contributed by atoms with Crippen LogP contribution in [-0.4, -0.2) is 22.2 Å². The second kappa shape index (κ2) is 5.12. The lowest BCUT2D eigenvalue weighted by molar-refractivity contribution is 0.155. The lowest BCUT2D eigenvalue weighted by atomic mass is 9.77. The Hall–Kier alpha value is -1.09. The molecule has 2 aliphatic carbocycles. The molecule has 1 heterocycles. The molecule has 1 fully saturated rings. The Morgan fingerprint density at radius 2 is 2.11 bits per heavy atom. The molecule has 3 nitrogen and oxygen atoms in total. The number of rotatable bonds is 3. The first-order chi connectivity index (χ1) is 9.21. The van der Waals surface area contributed by atoms with Crippen molar-refractivity contribution in [2.45, 2.75) is 57.4 Å². The molecule has 1 aromatic heterocycles. The summed E-state index contributed by atoms with van der Waals surface area (Å²) in [4.78, 5) is 4.74. The predicted molar refractivity (Wildman–Crippen MR) is 77.3 cm³/mol. The monoisotopic (exact) mass is 260 g/mol. The Morgan fingerprint density at radius 3 is 2.84 bits per heavy atom. The minimum atomic E-state index is -0.146. The van der Waals surface area contributed by atoms with E-state index in [9.17, 15) is 5.11 Å². The molecular formula is C16H24N2O. The van der Waals surface area contributed by atoms with Gasteiger partial charge in [0.25, 0.3) is 0 Å². The third-order valence-corrected chi connectivity index (χ3v) is 4.86. The fourth-order valence-electron chi connectivity index (χ4n) is 3.40. The van der Waals surface area contributed by atoms with Gasteiger partial charge in [-0.1, -0.05) is 13.0 Å². The number of aliphatic hydroxyl groups excluding tert-OH is 1. The molecule has 0 saturated heterocycles. The largest absolute Gasteiger partial charge is 0.394 e. The molecule has 0 amide bonds. The summed E-state index contributed by atoms with van der Waals surface area (Å²) in [7, 11) is 0. The molecule has 104 valence electrons. The van der Waals surface area contributed by atoms with Gasteiger partial charge in [-0.25, -0.2) is 4.98 Å². The van der Waals surface area contributed by atoms with Gasteiger partial charge < -0.3 is 10.4 Å². The van der Waals surface area contributed by atoms with Gasteiger partial charge in [-0.3, -0.25) is 0 Å². The molecular weight excluding hydrogens is 236 g/mol. The van der Waals surface area contributed by atoms with Crippen LogP contribution >= 0.6 is 0 Å². The molecule has 0 atom stereocenters. The Balaban J connectivity index is 1.75. The number of nitrogens with zero attached hydrogens (tertiary/aromatic N) is 1. The molecule has 0 aliphatic heterocycles. The number of aryl methyl sites for hydroxylation is 2. The molecule has 0 aromatic carbocycles. The normalized spacial score (nSPS) is 30.1. The molecule has 0 unspecified atom stereocenters. The van der Waals surface area contributed by atoms with E-state index in [4.69, 9.17) is 4.98 Å². The number of aromatic nitrogens is 1. The highest BCUT2D eigenvalue weighted by atomic mass is 16.3. The first-order valence-corrected chi connectivity index (χ1v) is 7.59. The lowest BCUT2D eigenvalue weighted by Crippen LogP contribution is -2.45. The zero-order chi connectivity index (χ0) is 13.3. The van der Waals surface area contributed by atoms with Crippen molar-refractivity contribution in [3.63, 3.8) is 0 Å². The first kappa shape index (κ1) is 12.9. The van der Waals surface area contributed by atoms with Crippen molar-refractivity contribution in [1.82, 2.24) is 4.98 Å². The summed E-state index contributed by atoms with van der Waals surface area (Å²) in [5.74, 6) is 1.73. The van der Waals surface area contributed by atoms with Crippen molar-refractivity contribution in [3.05, 3.63) is 23.4 Å². The van der Waals surface area contributed by atoms with Gasteiger partial charge >= 0.3 is 0 Å². The van der Waals surface area contributed by atoms with E-state index in [0.29, 0.717) is 0 Å². The maximum Gasteiger partial charge on any atom is 0.126 e. The minimum absolute atomic E-state index is 0.146. The number of hydrogen-bond donors (Lipinski definition) is 2. The Morgan fingerprint density at radius 1 is 1.32 bits per heavy atom. The van der Waals surface area contributed by atoms with Crippen molar-refractivity contribution >= 4 is 5.82 Å². The maximum atomic E-state index is 9.79. The lowest BCUT2D eigenvalue weighted by Gasteiger charge is -2.39. The number of hydrogen-bond acceptors (Lipinski definition) is 3. The zero-order valence-corrected chi connectivity index (χ0v) is 11.8. The van der Waals surface area contributed by atoms with E-state index in [0.717, 1.165) is 31.0 Å². The van der Waals surface area contributed by atoms with Gasteiger partial charge in [-0.05, 0) is 62.5 Å². The van der Waals surface area contributed by atoms with Crippen molar-refractivity contribution in [1.29, 1.82) is 0 Å². The first-order valence-electron chi connectivity index (χ1n) is 7.59. The van der Waals surface area contributed by atoms with E-state index in [1.54, 1.807) is 0 Å². The summed E-state index contributed by atoms with van der Waals surface area (Å²) in [6.45, 7) is 2.51. The number of anilines is 1. The molecule has 3 heteroatoms. The van der Waals surface area contributed by atoms with Crippen LogP contribution < -0.4 is 5.32 Å². The fourth-order valence-corrected chi connectivity index (χ4v) is 3.40. The topological polar surface area (TPSA) is 45.1 Å². The quantitative estimate of drug-likeness (QED) is 0.878. The van der Waals surface area contributed by atoms with Gasteiger partial charge in [0, 0.05) is 5.69 Å². The summed E-state index contributed by atoms with van der Waals surface area (Å²) >= 11 is 0. The molecule has 1 aromatic rings. The highest BCUT2D eigenvalue weighted by molar-refractivity contribution is 5.43. The Labute approximate surface area is 115 Å². The van der Waals surface area contributed by atoms with E-state index in [1.165, 1.54) is 36.9 Å². The molecule has 0 bridgehead atoms. The van der Waals surface area contributed by atoms with Crippen LogP contribution in [-0.2, 0) is 12.8 Å². The molecule has 2 N–H and O–H groups in total. The summed E-state index contributed by atoms with van der Waals surface area (Å²) in [5, 5.41) is 13.3. The minimum Gasteiger partial charge on any atom is -0.394 e. The van der Waals surface area contributed by atoms with Crippen LogP contribution in [0.4, 0.5) is 5.82 Å². The summed E-state index contributed by atoms with van der Waals surface area (Å²) in [6.07, 6.45) is 7.98. The Kier molecular flexibility index (Phi) is 3.48. The predicted octanol–water partition coefficient (Wildman–Crippen LogP) is 2.92. The number of nitrogens with one attached hydrogen (secondary N) is 1.